The minimum absolute atomic E-state index is 0.804. The van der Waals surface area contributed by atoms with Gasteiger partial charge in [0.05, 0.1) is 11.6 Å². The topological polar surface area (TPSA) is 38.7 Å². The number of aromatic nitrogens is 3. The summed E-state index contributed by atoms with van der Waals surface area (Å²) in [5, 5.41) is 3.75. The second-order valence-electron chi connectivity index (χ2n) is 1.87. The molecule has 0 atom stereocenters. The Morgan fingerprint density at radius 3 is 2.91 bits per heavy atom. The summed E-state index contributed by atoms with van der Waals surface area (Å²) in [6.45, 7) is 0. The van der Waals surface area contributed by atoms with Crippen LogP contribution in [0.4, 0.5) is 0 Å². The van der Waals surface area contributed by atoms with E-state index in [1.54, 1.807) is 24.8 Å². The van der Waals surface area contributed by atoms with E-state index in [2.05, 4.69) is 20.3 Å². The smallest absolute Gasteiger partial charge is 0.144 e. The van der Waals surface area contributed by atoms with Crippen molar-refractivity contribution in [2.75, 3.05) is 0 Å². The number of thiazole rings is 1. The van der Waals surface area contributed by atoms with Gasteiger partial charge in [-0.15, -0.1) is 11.3 Å². The van der Waals surface area contributed by atoms with Gasteiger partial charge in [-0.1, -0.05) is 0 Å². The molecule has 0 saturated carbocycles. The summed E-state index contributed by atoms with van der Waals surface area (Å²) in [5.41, 5.74) is 0.804. The summed E-state index contributed by atoms with van der Waals surface area (Å²) in [4.78, 5) is 12.1. The molecule has 2 rings (SSSR count). The Kier molecular flexibility index (Phi) is 1.61. The first kappa shape index (κ1) is 6.42. The third-order valence-electron chi connectivity index (χ3n) is 1.17. The summed E-state index contributed by atoms with van der Waals surface area (Å²) < 4.78 is 0. The fraction of sp³-hybridized carbons (Fsp3) is 0. The van der Waals surface area contributed by atoms with E-state index in [1.165, 1.54) is 11.3 Å². The van der Waals surface area contributed by atoms with Crippen LogP contribution in [0.2, 0.25) is 0 Å². The molecule has 4 heteroatoms. The van der Waals surface area contributed by atoms with Crippen molar-refractivity contribution in [3.8, 4) is 10.7 Å². The van der Waals surface area contributed by atoms with E-state index in [0.29, 0.717) is 0 Å². The van der Waals surface area contributed by atoms with Gasteiger partial charge in [0.25, 0.3) is 0 Å². The van der Waals surface area contributed by atoms with Crippen molar-refractivity contribution in [1.29, 1.82) is 0 Å². The Hall–Kier alpha value is -1.29. The Balaban J connectivity index is 2.46. The van der Waals surface area contributed by atoms with Gasteiger partial charge in [0.1, 0.15) is 10.7 Å². The van der Waals surface area contributed by atoms with E-state index in [9.17, 15) is 0 Å². The van der Waals surface area contributed by atoms with Gasteiger partial charge in [0.2, 0.25) is 0 Å². The number of hydrogen-bond acceptors (Lipinski definition) is 4. The highest BCUT2D eigenvalue weighted by Crippen LogP contribution is 2.16. The molecule has 0 unspecified atom stereocenters. The molecule has 0 fully saturated rings. The first-order valence-electron chi connectivity index (χ1n) is 3.05. The fourth-order valence-corrected chi connectivity index (χ4v) is 1.25. The van der Waals surface area contributed by atoms with Gasteiger partial charge >= 0.3 is 0 Å². The van der Waals surface area contributed by atoms with Crippen molar-refractivity contribution in [2.24, 2.45) is 0 Å². The normalized spacial score (nSPS) is 9.82. The number of nitrogens with zero attached hydrogens (tertiary/aromatic N) is 3. The van der Waals surface area contributed by atoms with Crippen LogP contribution in [-0.2, 0) is 0 Å². The Morgan fingerprint density at radius 2 is 2.27 bits per heavy atom. The molecule has 0 aliphatic heterocycles. The van der Waals surface area contributed by atoms with Crippen molar-refractivity contribution in [2.45, 2.75) is 0 Å². The molecule has 11 heavy (non-hydrogen) atoms. The lowest BCUT2D eigenvalue weighted by Crippen LogP contribution is -1.81. The van der Waals surface area contributed by atoms with Crippen molar-refractivity contribution < 1.29 is 0 Å². The third-order valence-corrected chi connectivity index (χ3v) is 1.90. The zero-order chi connectivity index (χ0) is 7.52. The zero-order valence-electron chi connectivity index (χ0n) is 5.56. The molecule has 0 spiro atoms. The maximum Gasteiger partial charge on any atom is 0.144 e. The maximum atomic E-state index is 4.09. The minimum Gasteiger partial charge on any atom is -0.261 e. The summed E-state index contributed by atoms with van der Waals surface area (Å²) in [7, 11) is 0. The van der Waals surface area contributed by atoms with E-state index in [1.807, 2.05) is 0 Å². The molecule has 2 aromatic rings. The molecule has 0 saturated heterocycles. The molecule has 2 heterocycles. The highest BCUT2D eigenvalue weighted by atomic mass is 32.1. The lowest BCUT2D eigenvalue weighted by molar-refractivity contribution is 1.19. The number of hydrogen-bond donors (Lipinski definition) is 0. The summed E-state index contributed by atoms with van der Waals surface area (Å²) >= 11 is 1.44. The van der Waals surface area contributed by atoms with E-state index >= 15 is 0 Å². The van der Waals surface area contributed by atoms with E-state index < -0.39 is 0 Å². The van der Waals surface area contributed by atoms with Gasteiger partial charge in [-0.3, -0.25) is 9.97 Å². The lowest BCUT2D eigenvalue weighted by Gasteiger charge is -1.89. The first-order valence-corrected chi connectivity index (χ1v) is 3.87. The van der Waals surface area contributed by atoms with Crippen molar-refractivity contribution in [3.05, 3.63) is 30.2 Å². The molecule has 0 aromatic carbocycles. The van der Waals surface area contributed by atoms with Crippen LogP contribution >= 0.6 is 11.3 Å². The molecule has 0 aliphatic rings. The molecular formula is C7H4N3S. The third kappa shape index (κ3) is 1.25. The summed E-state index contributed by atoms with van der Waals surface area (Å²) in [6.07, 6.45) is 6.61. The van der Waals surface area contributed by atoms with Gasteiger partial charge in [-0.25, -0.2) is 4.98 Å². The minimum atomic E-state index is 0.804. The van der Waals surface area contributed by atoms with Crippen LogP contribution in [0.5, 0.6) is 0 Å². The Labute approximate surface area is 67.8 Å². The molecule has 0 aliphatic carbocycles. The maximum absolute atomic E-state index is 4.09. The second-order valence-corrected chi connectivity index (χ2v) is 2.70. The highest BCUT2D eigenvalue weighted by Gasteiger charge is 1.99. The van der Waals surface area contributed by atoms with Crippen LogP contribution in [0.3, 0.4) is 0 Å². The van der Waals surface area contributed by atoms with Crippen LogP contribution in [0, 0.1) is 5.38 Å². The lowest BCUT2D eigenvalue weighted by atomic mass is 10.5. The van der Waals surface area contributed by atoms with Crippen LogP contribution < -0.4 is 0 Å². The molecule has 0 amide bonds. The largest absolute Gasteiger partial charge is 0.261 e. The molecule has 3 nitrogen and oxygen atoms in total. The van der Waals surface area contributed by atoms with Gasteiger partial charge in [-0.2, -0.15) is 0 Å². The molecule has 53 valence electrons. The number of rotatable bonds is 1. The molecule has 1 radical (unpaired) electrons. The van der Waals surface area contributed by atoms with Gasteiger partial charge in [0.15, 0.2) is 0 Å². The Morgan fingerprint density at radius 1 is 1.27 bits per heavy atom. The zero-order valence-corrected chi connectivity index (χ0v) is 6.38. The van der Waals surface area contributed by atoms with Crippen LogP contribution in [0.15, 0.2) is 24.8 Å². The average molecular weight is 162 g/mol. The van der Waals surface area contributed by atoms with Crippen molar-refractivity contribution in [3.63, 3.8) is 0 Å². The molecule has 0 N–H and O–H groups in total. The molecule has 2 aromatic heterocycles. The SMILES string of the molecule is [c]1cnc(-c2cnccn2)s1. The second kappa shape index (κ2) is 2.75. The fourth-order valence-electron chi connectivity index (χ4n) is 0.721. The molecular weight excluding hydrogens is 158 g/mol. The van der Waals surface area contributed by atoms with E-state index in [4.69, 9.17) is 0 Å². The first-order chi connectivity index (χ1) is 5.47. The van der Waals surface area contributed by atoms with E-state index in [-0.39, 0.29) is 0 Å². The highest BCUT2D eigenvalue weighted by molar-refractivity contribution is 7.12. The Bertz CT molecular complexity index is 317. The van der Waals surface area contributed by atoms with Crippen molar-refractivity contribution >= 4 is 11.3 Å². The predicted molar refractivity (Wildman–Crippen MR) is 42.0 cm³/mol. The molecule has 0 bridgehead atoms. The summed E-state index contributed by atoms with van der Waals surface area (Å²) in [6, 6.07) is 0. The average Bonchev–Trinajstić information content (AvgIpc) is 2.58. The van der Waals surface area contributed by atoms with Gasteiger partial charge in [-0.05, 0) is 0 Å². The summed E-state index contributed by atoms with van der Waals surface area (Å²) in [5.74, 6) is 0. The van der Waals surface area contributed by atoms with E-state index in [0.717, 1.165) is 10.7 Å². The quantitative estimate of drug-likeness (QED) is 0.636. The van der Waals surface area contributed by atoms with Crippen LogP contribution in [0.25, 0.3) is 10.7 Å². The van der Waals surface area contributed by atoms with Crippen LogP contribution in [-0.4, -0.2) is 15.0 Å². The monoisotopic (exact) mass is 162 g/mol. The predicted octanol–water partition coefficient (Wildman–Crippen LogP) is 1.40. The van der Waals surface area contributed by atoms with Crippen molar-refractivity contribution in [1.82, 2.24) is 15.0 Å². The standard InChI is InChI=1S/C7H4N3S/c1-2-9-6(5-8-1)7-10-3-4-11-7/h1-3,5H. The van der Waals surface area contributed by atoms with Crippen LogP contribution in [0.1, 0.15) is 0 Å². The van der Waals surface area contributed by atoms with Gasteiger partial charge < -0.3 is 0 Å². The van der Waals surface area contributed by atoms with Gasteiger partial charge in [0, 0.05) is 18.6 Å².